The number of carbonyl (C=O) groups excluding carboxylic acids is 2. The number of nitrogens with one attached hydrogen (secondary N) is 3. The Kier molecular flexibility index (Phi) is 4.73. The summed E-state index contributed by atoms with van der Waals surface area (Å²) in [5.41, 5.74) is 2.24. The van der Waals surface area contributed by atoms with E-state index in [-0.39, 0.29) is 5.91 Å². The van der Waals surface area contributed by atoms with Gasteiger partial charge in [0, 0.05) is 24.0 Å². The van der Waals surface area contributed by atoms with Crippen molar-refractivity contribution >= 4 is 29.0 Å². The predicted molar refractivity (Wildman–Crippen MR) is 84.5 cm³/mol. The van der Waals surface area contributed by atoms with Crippen LogP contribution in [0.3, 0.4) is 0 Å². The maximum absolute atomic E-state index is 11.9. The first-order chi connectivity index (χ1) is 10.6. The van der Waals surface area contributed by atoms with Gasteiger partial charge in [-0.15, -0.1) is 0 Å². The molecule has 0 spiro atoms. The zero-order valence-corrected chi connectivity index (χ0v) is 11.9. The van der Waals surface area contributed by atoms with Crippen molar-refractivity contribution < 1.29 is 9.59 Å². The van der Waals surface area contributed by atoms with E-state index in [1.807, 2.05) is 6.07 Å². The van der Waals surface area contributed by atoms with Gasteiger partial charge < -0.3 is 16.0 Å². The number of rotatable bonds is 3. The zero-order chi connectivity index (χ0) is 15.9. The molecule has 0 heterocycles. The lowest BCUT2D eigenvalue weighted by atomic mass is 10.2. The molecule has 0 aliphatic heterocycles. The van der Waals surface area contributed by atoms with Crippen molar-refractivity contribution in [2.75, 3.05) is 16.0 Å². The molecule has 3 amide bonds. The Morgan fingerprint density at radius 2 is 1.50 bits per heavy atom. The monoisotopic (exact) mass is 294 g/mol. The summed E-state index contributed by atoms with van der Waals surface area (Å²) in [6.07, 6.45) is 0. The number of hydrogen-bond acceptors (Lipinski definition) is 3. The minimum Gasteiger partial charge on any atom is -0.326 e. The third-order valence-electron chi connectivity index (χ3n) is 2.71. The number of nitrogens with zero attached hydrogens (tertiary/aromatic N) is 1. The summed E-state index contributed by atoms with van der Waals surface area (Å²) in [5.74, 6) is -0.157. The van der Waals surface area contributed by atoms with Crippen molar-refractivity contribution in [3.05, 3.63) is 54.1 Å². The van der Waals surface area contributed by atoms with E-state index in [0.29, 0.717) is 22.6 Å². The predicted octanol–water partition coefficient (Wildman–Crippen LogP) is 3.16. The molecule has 110 valence electrons. The van der Waals surface area contributed by atoms with Crippen LogP contribution in [0.25, 0.3) is 0 Å². The molecule has 0 aliphatic carbocycles. The summed E-state index contributed by atoms with van der Waals surface area (Å²) in [6, 6.07) is 14.9. The Hall–Kier alpha value is -3.33. The van der Waals surface area contributed by atoms with E-state index in [9.17, 15) is 9.59 Å². The van der Waals surface area contributed by atoms with Crippen LogP contribution in [0.1, 0.15) is 12.5 Å². The van der Waals surface area contributed by atoms with Gasteiger partial charge >= 0.3 is 6.03 Å². The topological polar surface area (TPSA) is 94.0 Å². The third-order valence-corrected chi connectivity index (χ3v) is 2.71. The summed E-state index contributed by atoms with van der Waals surface area (Å²) < 4.78 is 0. The molecule has 2 rings (SSSR count). The normalized spacial score (nSPS) is 9.45. The highest BCUT2D eigenvalue weighted by atomic mass is 16.2. The van der Waals surface area contributed by atoms with Crippen molar-refractivity contribution in [1.82, 2.24) is 0 Å². The highest BCUT2D eigenvalue weighted by molar-refractivity contribution is 6.00. The molecule has 0 aliphatic rings. The smallest absolute Gasteiger partial charge is 0.323 e. The van der Waals surface area contributed by atoms with E-state index in [1.54, 1.807) is 48.5 Å². The van der Waals surface area contributed by atoms with E-state index in [1.165, 1.54) is 6.92 Å². The fourth-order valence-electron chi connectivity index (χ4n) is 1.80. The molecule has 6 heteroatoms. The fraction of sp³-hybridized carbons (Fsp3) is 0.0625. The lowest BCUT2D eigenvalue weighted by molar-refractivity contribution is -0.114. The SMILES string of the molecule is CC(=O)Nc1ccc(NC(=O)Nc2cccc(C#N)c2)cc1. The molecule has 2 aromatic carbocycles. The van der Waals surface area contributed by atoms with Gasteiger partial charge in [0.1, 0.15) is 0 Å². The Balaban J connectivity index is 1.97. The van der Waals surface area contributed by atoms with Crippen molar-refractivity contribution in [3.63, 3.8) is 0 Å². The number of hydrogen-bond donors (Lipinski definition) is 3. The van der Waals surface area contributed by atoms with Gasteiger partial charge in [-0.3, -0.25) is 4.79 Å². The maximum atomic E-state index is 11.9. The van der Waals surface area contributed by atoms with Crippen molar-refractivity contribution in [2.45, 2.75) is 6.92 Å². The van der Waals surface area contributed by atoms with E-state index in [4.69, 9.17) is 5.26 Å². The Morgan fingerprint density at radius 3 is 2.09 bits per heavy atom. The standard InChI is InChI=1S/C16H14N4O2/c1-11(21)18-13-5-7-14(8-6-13)19-16(22)20-15-4-2-3-12(9-15)10-17/h2-9H,1H3,(H,18,21)(H2,19,20,22). The molecule has 0 unspecified atom stereocenters. The average Bonchev–Trinajstić information content (AvgIpc) is 2.49. The summed E-state index contributed by atoms with van der Waals surface area (Å²) >= 11 is 0. The second kappa shape index (κ2) is 6.90. The number of urea groups is 1. The number of carbonyl (C=O) groups is 2. The lowest BCUT2D eigenvalue weighted by Gasteiger charge is -2.08. The van der Waals surface area contributed by atoms with E-state index < -0.39 is 6.03 Å². The van der Waals surface area contributed by atoms with Gasteiger partial charge in [0.15, 0.2) is 0 Å². The van der Waals surface area contributed by atoms with Crippen molar-refractivity contribution in [3.8, 4) is 6.07 Å². The van der Waals surface area contributed by atoms with Crippen molar-refractivity contribution in [1.29, 1.82) is 5.26 Å². The van der Waals surface area contributed by atoms with Crippen LogP contribution in [0.2, 0.25) is 0 Å². The summed E-state index contributed by atoms with van der Waals surface area (Å²) in [7, 11) is 0. The van der Waals surface area contributed by atoms with Gasteiger partial charge in [-0.05, 0) is 42.5 Å². The molecule has 0 saturated heterocycles. The molecule has 3 N–H and O–H groups in total. The van der Waals surface area contributed by atoms with Gasteiger partial charge in [-0.1, -0.05) is 6.07 Å². The minimum absolute atomic E-state index is 0.157. The molecule has 0 aromatic heterocycles. The first-order valence-corrected chi connectivity index (χ1v) is 6.52. The van der Waals surface area contributed by atoms with Gasteiger partial charge in [0.25, 0.3) is 0 Å². The number of amides is 3. The first kappa shape index (κ1) is 15.1. The zero-order valence-electron chi connectivity index (χ0n) is 11.9. The summed E-state index contributed by atoms with van der Waals surface area (Å²) in [4.78, 5) is 22.8. The highest BCUT2D eigenvalue weighted by Crippen LogP contribution is 2.15. The quantitative estimate of drug-likeness (QED) is 0.811. The largest absolute Gasteiger partial charge is 0.326 e. The molecular formula is C16H14N4O2. The third kappa shape index (κ3) is 4.35. The number of anilines is 3. The molecule has 0 fully saturated rings. The average molecular weight is 294 g/mol. The van der Waals surface area contributed by atoms with Gasteiger partial charge in [-0.2, -0.15) is 5.26 Å². The van der Waals surface area contributed by atoms with E-state index >= 15 is 0 Å². The second-order valence-corrected chi connectivity index (χ2v) is 4.53. The van der Waals surface area contributed by atoms with Crippen molar-refractivity contribution in [2.24, 2.45) is 0 Å². The minimum atomic E-state index is -0.414. The van der Waals surface area contributed by atoms with Crippen LogP contribution in [-0.4, -0.2) is 11.9 Å². The van der Waals surface area contributed by atoms with E-state index in [2.05, 4.69) is 16.0 Å². The highest BCUT2D eigenvalue weighted by Gasteiger charge is 2.04. The van der Waals surface area contributed by atoms with Gasteiger partial charge in [0.2, 0.25) is 5.91 Å². The van der Waals surface area contributed by atoms with Crippen LogP contribution in [-0.2, 0) is 4.79 Å². The molecule has 0 saturated carbocycles. The Bertz CT molecular complexity index is 733. The molecule has 0 atom stereocenters. The van der Waals surface area contributed by atoms with E-state index in [0.717, 1.165) is 0 Å². The first-order valence-electron chi connectivity index (χ1n) is 6.52. The fourth-order valence-corrected chi connectivity index (χ4v) is 1.80. The molecule has 0 bridgehead atoms. The van der Waals surface area contributed by atoms with Gasteiger partial charge in [0.05, 0.1) is 11.6 Å². The lowest BCUT2D eigenvalue weighted by Crippen LogP contribution is -2.19. The summed E-state index contributed by atoms with van der Waals surface area (Å²) in [5, 5.41) is 16.8. The van der Waals surface area contributed by atoms with Crippen LogP contribution < -0.4 is 16.0 Å². The molecule has 2 aromatic rings. The Morgan fingerprint density at radius 1 is 0.909 bits per heavy atom. The van der Waals surface area contributed by atoms with Crippen LogP contribution in [0.5, 0.6) is 0 Å². The Labute approximate surface area is 127 Å². The van der Waals surface area contributed by atoms with Gasteiger partial charge in [-0.25, -0.2) is 4.79 Å². The molecule has 6 nitrogen and oxygen atoms in total. The molecule has 0 radical (unpaired) electrons. The number of nitriles is 1. The molecule has 22 heavy (non-hydrogen) atoms. The van der Waals surface area contributed by atoms with Crippen LogP contribution in [0.4, 0.5) is 21.9 Å². The maximum Gasteiger partial charge on any atom is 0.323 e. The number of benzene rings is 2. The second-order valence-electron chi connectivity index (χ2n) is 4.53. The van der Waals surface area contributed by atoms with Crippen LogP contribution >= 0.6 is 0 Å². The molecular weight excluding hydrogens is 280 g/mol. The summed E-state index contributed by atoms with van der Waals surface area (Å²) in [6.45, 7) is 1.43. The van der Waals surface area contributed by atoms with Crippen LogP contribution in [0, 0.1) is 11.3 Å². The van der Waals surface area contributed by atoms with Crippen LogP contribution in [0.15, 0.2) is 48.5 Å².